The number of H-pyrrole nitrogens is 1. The van der Waals surface area contributed by atoms with Gasteiger partial charge in [0.25, 0.3) is 5.91 Å². The van der Waals surface area contributed by atoms with Gasteiger partial charge in [0.2, 0.25) is 11.5 Å². The fourth-order valence-electron chi connectivity index (χ4n) is 2.99. The number of aromatic nitrogens is 1. The van der Waals surface area contributed by atoms with Crippen LogP contribution in [0, 0.1) is 5.82 Å². The normalized spacial score (nSPS) is 14.3. The molecule has 0 atom stereocenters. The zero-order valence-electron chi connectivity index (χ0n) is 14.3. The predicted molar refractivity (Wildman–Crippen MR) is 94.3 cm³/mol. The monoisotopic (exact) mass is 357 g/mol. The minimum absolute atomic E-state index is 0.0376. The lowest BCUT2D eigenvalue weighted by Crippen LogP contribution is -2.50. The highest BCUT2D eigenvalue weighted by Crippen LogP contribution is 2.12. The lowest BCUT2D eigenvalue weighted by atomic mass is 10.1. The van der Waals surface area contributed by atoms with Gasteiger partial charge in [0, 0.05) is 44.9 Å². The molecule has 2 amide bonds. The highest BCUT2D eigenvalue weighted by molar-refractivity contribution is 5.94. The van der Waals surface area contributed by atoms with Crippen molar-refractivity contribution in [2.24, 2.45) is 0 Å². The zero-order chi connectivity index (χ0) is 18.5. The van der Waals surface area contributed by atoms with E-state index < -0.39 is 0 Å². The third-order valence-corrected chi connectivity index (χ3v) is 4.52. The molecule has 1 N–H and O–H groups in total. The summed E-state index contributed by atoms with van der Waals surface area (Å²) in [5, 5.41) is 0. The van der Waals surface area contributed by atoms with Crippen LogP contribution in [0.2, 0.25) is 0 Å². The molecule has 1 saturated heterocycles. The van der Waals surface area contributed by atoms with Crippen LogP contribution in [-0.4, -0.2) is 52.8 Å². The first-order valence-electron chi connectivity index (χ1n) is 8.54. The van der Waals surface area contributed by atoms with Gasteiger partial charge in [-0.3, -0.25) is 14.4 Å². The quantitative estimate of drug-likeness (QED) is 0.900. The number of amides is 2. The Kier molecular flexibility index (Phi) is 5.46. The average Bonchev–Trinajstić information content (AvgIpc) is 2.67. The number of benzene rings is 1. The molecule has 1 fully saturated rings. The van der Waals surface area contributed by atoms with E-state index in [1.807, 2.05) is 0 Å². The molecule has 0 bridgehead atoms. The van der Waals surface area contributed by atoms with Crippen molar-refractivity contribution in [3.63, 3.8) is 0 Å². The van der Waals surface area contributed by atoms with Gasteiger partial charge in [0.05, 0.1) is 5.56 Å². The molecule has 1 aromatic heterocycles. The van der Waals surface area contributed by atoms with E-state index in [9.17, 15) is 18.8 Å². The van der Waals surface area contributed by atoms with Crippen LogP contribution < -0.4 is 5.56 Å². The summed E-state index contributed by atoms with van der Waals surface area (Å²) in [6.45, 7) is 1.77. The van der Waals surface area contributed by atoms with Crippen LogP contribution in [0.15, 0.2) is 47.4 Å². The minimum Gasteiger partial charge on any atom is -0.339 e. The maximum atomic E-state index is 13.6. The van der Waals surface area contributed by atoms with Gasteiger partial charge in [-0.25, -0.2) is 4.39 Å². The summed E-state index contributed by atoms with van der Waals surface area (Å²) in [5.74, 6) is -0.499. The molecule has 0 unspecified atom stereocenters. The highest BCUT2D eigenvalue weighted by Gasteiger charge is 2.24. The SMILES string of the molecule is O=C(CCc1ccccc1F)N1CCN(C(=O)c2ccc(=O)[nH]c2)CC1. The Hall–Kier alpha value is -2.96. The topological polar surface area (TPSA) is 73.5 Å². The van der Waals surface area contributed by atoms with Crippen LogP contribution in [0.4, 0.5) is 4.39 Å². The van der Waals surface area contributed by atoms with Crippen molar-refractivity contribution in [3.05, 3.63) is 69.9 Å². The van der Waals surface area contributed by atoms with Crippen LogP contribution in [0.5, 0.6) is 0 Å². The van der Waals surface area contributed by atoms with E-state index in [1.165, 1.54) is 24.4 Å². The second-order valence-electron chi connectivity index (χ2n) is 6.21. The summed E-state index contributed by atoms with van der Waals surface area (Å²) in [6.07, 6.45) is 2.01. The molecule has 0 spiro atoms. The van der Waals surface area contributed by atoms with Gasteiger partial charge in [-0.2, -0.15) is 0 Å². The molecule has 26 heavy (non-hydrogen) atoms. The Labute approximate surface area is 150 Å². The Morgan fingerprint density at radius 3 is 2.35 bits per heavy atom. The van der Waals surface area contributed by atoms with Crippen LogP contribution in [0.25, 0.3) is 0 Å². The van der Waals surface area contributed by atoms with Crippen molar-refractivity contribution in [2.75, 3.05) is 26.2 Å². The van der Waals surface area contributed by atoms with Gasteiger partial charge in [-0.05, 0) is 24.1 Å². The summed E-state index contributed by atoms with van der Waals surface area (Å²) >= 11 is 0. The van der Waals surface area contributed by atoms with Gasteiger partial charge in [-0.15, -0.1) is 0 Å². The molecule has 1 aliphatic heterocycles. The van der Waals surface area contributed by atoms with Crippen molar-refractivity contribution < 1.29 is 14.0 Å². The first-order chi connectivity index (χ1) is 12.5. The second kappa shape index (κ2) is 7.95. The molecule has 0 radical (unpaired) electrons. The van der Waals surface area contributed by atoms with E-state index in [4.69, 9.17) is 0 Å². The number of hydrogen-bond acceptors (Lipinski definition) is 3. The van der Waals surface area contributed by atoms with Crippen LogP contribution in [0.1, 0.15) is 22.3 Å². The first kappa shape index (κ1) is 17.8. The maximum absolute atomic E-state index is 13.6. The molecular weight excluding hydrogens is 337 g/mol. The van der Waals surface area contributed by atoms with Crippen molar-refractivity contribution in [3.8, 4) is 0 Å². The van der Waals surface area contributed by atoms with Gasteiger partial charge in [-0.1, -0.05) is 18.2 Å². The number of nitrogens with zero attached hydrogens (tertiary/aromatic N) is 2. The molecule has 6 nitrogen and oxygen atoms in total. The molecular formula is C19H20FN3O3. The number of halogens is 1. The summed E-state index contributed by atoms with van der Waals surface area (Å²) in [5.41, 5.74) is 0.698. The highest BCUT2D eigenvalue weighted by atomic mass is 19.1. The van der Waals surface area contributed by atoms with Crippen molar-refractivity contribution in [2.45, 2.75) is 12.8 Å². The Balaban J connectivity index is 1.50. The van der Waals surface area contributed by atoms with Crippen LogP contribution in [-0.2, 0) is 11.2 Å². The van der Waals surface area contributed by atoms with Gasteiger partial charge in [0.15, 0.2) is 0 Å². The van der Waals surface area contributed by atoms with Crippen molar-refractivity contribution >= 4 is 11.8 Å². The molecule has 1 aliphatic rings. The van der Waals surface area contributed by atoms with E-state index >= 15 is 0 Å². The predicted octanol–water partition coefficient (Wildman–Crippen LogP) is 1.43. The average molecular weight is 357 g/mol. The number of carbonyl (C=O) groups is 2. The summed E-state index contributed by atoms with van der Waals surface area (Å²) in [6, 6.07) is 9.26. The standard InChI is InChI=1S/C19H20FN3O3/c20-16-4-2-1-3-14(16)6-8-18(25)22-9-11-23(12-10-22)19(26)15-5-7-17(24)21-13-15/h1-5,7,13H,6,8-12H2,(H,21,24). The van der Waals surface area contributed by atoms with Gasteiger partial charge in [0.1, 0.15) is 5.82 Å². The molecule has 7 heteroatoms. The Morgan fingerprint density at radius 2 is 1.69 bits per heavy atom. The zero-order valence-corrected chi connectivity index (χ0v) is 14.3. The van der Waals surface area contributed by atoms with E-state index in [-0.39, 0.29) is 29.6 Å². The van der Waals surface area contributed by atoms with E-state index in [0.29, 0.717) is 43.7 Å². The Bertz CT molecular complexity index is 837. The van der Waals surface area contributed by atoms with Crippen molar-refractivity contribution in [1.29, 1.82) is 0 Å². The largest absolute Gasteiger partial charge is 0.339 e. The summed E-state index contributed by atoms with van der Waals surface area (Å²) in [4.78, 5) is 41.6. The number of rotatable bonds is 4. The van der Waals surface area contributed by atoms with Gasteiger partial charge < -0.3 is 14.8 Å². The molecule has 136 valence electrons. The lowest BCUT2D eigenvalue weighted by molar-refractivity contribution is -0.132. The first-order valence-corrected chi connectivity index (χ1v) is 8.54. The number of piperazine rings is 1. The molecule has 2 aromatic rings. The summed E-state index contributed by atoms with van der Waals surface area (Å²) in [7, 11) is 0. The minimum atomic E-state index is -0.295. The molecule has 2 heterocycles. The fraction of sp³-hybridized carbons (Fsp3) is 0.316. The van der Waals surface area contributed by atoms with E-state index in [2.05, 4.69) is 4.98 Å². The molecule has 3 rings (SSSR count). The number of hydrogen-bond donors (Lipinski definition) is 1. The van der Waals surface area contributed by atoms with Crippen LogP contribution >= 0.6 is 0 Å². The third-order valence-electron chi connectivity index (χ3n) is 4.52. The van der Waals surface area contributed by atoms with Gasteiger partial charge >= 0.3 is 0 Å². The number of aromatic amines is 1. The number of pyridine rings is 1. The number of aryl methyl sites for hydroxylation is 1. The fourth-order valence-corrected chi connectivity index (χ4v) is 2.99. The lowest BCUT2D eigenvalue weighted by Gasteiger charge is -2.34. The smallest absolute Gasteiger partial charge is 0.255 e. The summed E-state index contributed by atoms with van der Waals surface area (Å²) < 4.78 is 13.6. The Morgan fingerprint density at radius 1 is 1.00 bits per heavy atom. The van der Waals surface area contributed by atoms with E-state index in [0.717, 1.165) is 0 Å². The second-order valence-corrected chi connectivity index (χ2v) is 6.21. The van der Waals surface area contributed by atoms with Crippen molar-refractivity contribution in [1.82, 2.24) is 14.8 Å². The number of carbonyl (C=O) groups excluding carboxylic acids is 2. The molecule has 0 saturated carbocycles. The maximum Gasteiger partial charge on any atom is 0.255 e. The van der Waals surface area contributed by atoms with E-state index in [1.54, 1.807) is 28.0 Å². The molecule has 0 aliphatic carbocycles. The third kappa shape index (κ3) is 4.17. The van der Waals surface area contributed by atoms with Crippen LogP contribution in [0.3, 0.4) is 0 Å². The molecule has 1 aromatic carbocycles. The number of nitrogens with one attached hydrogen (secondary N) is 1.